The maximum atomic E-state index is 9.45. The molecule has 0 aliphatic heterocycles. The van der Waals surface area contributed by atoms with Gasteiger partial charge in [-0.3, -0.25) is 0 Å². The van der Waals surface area contributed by atoms with Crippen LogP contribution in [0.15, 0.2) is 0 Å². The fraction of sp³-hybridized carbons (Fsp3) is 0.625. The molecular weight excluding hydrogens is 348 g/mol. The lowest BCUT2D eigenvalue weighted by atomic mass is 9.79. The van der Waals surface area contributed by atoms with Crippen molar-refractivity contribution in [3.05, 3.63) is 11.6 Å². The molecular formula is C16H24N10O. The van der Waals surface area contributed by atoms with Gasteiger partial charge < -0.3 is 27.6 Å². The Balaban J connectivity index is 1.60. The maximum absolute atomic E-state index is 9.45. The van der Waals surface area contributed by atoms with E-state index in [4.69, 9.17) is 17.2 Å². The van der Waals surface area contributed by atoms with Gasteiger partial charge in [0.15, 0.2) is 0 Å². The topological polar surface area (TPSA) is 188 Å². The number of fused-ring (bicyclic) bond motifs is 2. The first kappa shape index (κ1) is 17.6. The average molecular weight is 372 g/mol. The Hall–Kier alpha value is -2.82. The Kier molecular flexibility index (Phi) is 4.38. The van der Waals surface area contributed by atoms with E-state index < -0.39 is 6.10 Å². The molecule has 2 bridgehead atoms. The average Bonchev–Trinajstić information content (AvgIpc) is 3.19. The van der Waals surface area contributed by atoms with Gasteiger partial charge in [-0.15, -0.1) is 0 Å². The molecule has 2 aromatic heterocycles. The minimum atomic E-state index is -0.516. The van der Waals surface area contributed by atoms with E-state index in [0.29, 0.717) is 36.0 Å². The summed E-state index contributed by atoms with van der Waals surface area (Å²) < 4.78 is 0. The lowest BCUT2D eigenvalue weighted by Gasteiger charge is -2.27. The fourth-order valence-electron chi connectivity index (χ4n) is 4.43. The van der Waals surface area contributed by atoms with E-state index in [1.54, 1.807) is 6.92 Å². The van der Waals surface area contributed by atoms with Crippen molar-refractivity contribution in [2.75, 3.05) is 29.1 Å². The Morgan fingerprint density at radius 2 is 1.44 bits per heavy atom. The summed E-state index contributed by atoms with van der Waals surface area (Å²) in [6.45, 7) is 2.02. The van der Waals surface area contributed by atoms with Crippen LogP contribution in [-0.4, -0.2) is 47.7 Å². The number of nitrogens with one attached hydrogen (secondary N) is 1. The highest BCUT2D eigenvalue weighted by atomic mass is 16.3. The van der Waals surface area contributed by atoms with E-state index in [0.717, 1.165) is 19.3 Å². The van der Waals surface area contributed by atoms with Gasteiger partial charge in [0.25, 0.3) is 0 Å². The summed E-state index contributed by atoms with van der Waals surface area (Å²) in [6, 6.07) is 0. The summed E-state index contributed by atoms with van der Waals surface area (Å²) in [5.41, 5.74) is 17.4. The van der Waals surface area contributed by atoms with E-state index in [-0.39, 0.29) is 29.7 Å². The third kappa shape index (κ3) is 3.54. The minimum Gasteiger partial charge on any atom is -0.392 e. The molecule has 0 aromatic carbocycles. The molecule has 11 nitrogen and oxygen atoms in total. The monoisotopic (exact) mass is 372 g/mol. The summed E-state index contributed by atoms with van der Waals surface area (Å²) in [5.74, 6) is 3.29. The Bertz CT molecular complexity index is 824. The molecule has 0 amide bonds. The smallest absolute Gasteiger partial charge is 0.227 e. The molecule has 8 N–H and O–H groups in total. The molecule has 0 spiro atoms. The Morgan fingerprint density at radius 1 is 0.889 bits per heavy atom. The van der Waals surface area contributed by atoms with Gasteiger partial charge in [0.1, 0.15) is 11.6 Å². The third-order valence-corrected chi connectivity index (χ3v) is 5.39. The van der Waals surface area contributed by atoms with Gasteiger partial charge in [-0.1, -0.05) is 0 Å². The van der Waals surface area contributed by atoms with Gasteiger partial charge in [0.05, 0.1) is 6.10 Å². The molecule has 2 aliphatic rings. The van der Waals surface area contributed by atoms with Gasteiger partial charge in [-0.05, 0) is 38.0 Å². The molecule has 2 fully saturated rings. The quantitative estimate of drug-likeness (QED) is 0.471. The minimum absolute atomic E-state index is 0.144. The second-order valence-corrected chi connectivity index (χ2v) is 7.47. The number of nitrogen functional groups attached to an aromatic ring is 3. The Morgan fingerprint density at radius 3 is 2.00 bits per heavy atom. The second-order valence-electron chi connectivity index (χ2n) is 7.47. The predicted molar refractivity (Wildman–Crippen MR) is 99.4 cm³/mol. The van der Waals surface area contributed by atoms with E-state index >= 15 is 0 Å². The lowest BCUT2D eigenvalue weighted by Crippen LogP contribution is -2.24. The molecule has 0 saturated heterocycles. The second kappa shape index (κ2) is 6.72. The first-order valence-corrected chi connectivity index (χ1v) is 9.09. The molecule has 2 saturated carbocycles. The third-order valence-electron chi connectivity index (χ3n) is 5.39. The highest BCUT2D eigenvalue weighted by Gasteiger charge is 2.49. The highest BCUT2D eigenvalue weighted by molar-refractivity contribution is 5.33. The van der Waals surface area contributed by atoms with Crippen LogP contribution in [0.1, 0.15) is 49.7 Å². The van der Waals surface area contributed by atoms with Crippen LogP contribution in [0, 0.1) is 11.8 Å². The molecule has 2 aromatic rings. The van der Waals surface area contributed by atoms with Crippen molar-refractivity contribution < 1.29 is 5.11 Å². The summed E-state index contributed by atoms with van der Waals surface area (Å²) in [7, 11) is 0. The standard InChI is InChI=1S/C16H24N10O/c1-6(27)5-20-16-24-12(23-15(19)26-16)10-4-7-2-8(10)9(3-7)11-21-13(17)25-14(18)22-11/h6-10,27H,2-5H2,1H3,(H4,17,18,21,22,25)(H3,19,20,23,24,26). The maximum Gasteiger partial charge on any atom is 0.227 e. The van der Waals surface area contributed by atoms with Crippen LogP contribution in [0.2, 0.25) is 0 Å². The number of nitrogens with two attached hydrogens (primary N) is 3. The number of rotatable bonds is 5. The zero-order chi connectivity index (χ0) is 19.1. The molecule has 2 aliphatic carbocycles. The number of aliphatic hydroxyl groups excluding tert-OH is 1. The van der Waals surface area contributed by atoms with Crippen LogP contribution < -0.4 is 22.5 Å². The first-order chi connectivity index (χ1) is 12.9. The summed E-state index contributed by atoms with van der Waals surface area (Å²) in [4.78, 5) is 25.5. The molecule has 11 heteroatoms. The summed E-state index contributed by atoms with van der Waals surface area (Å²) >= 11 is 0. The largest absolute Gasteiger partial charge is 0.392 e. The van der Waals surface area contributed by atoms with Crippen molar-refractivity contribution in [3.8, 4) is 0 Å². The molecule has 2 heterocycles. The van der Waals surface area contributed by atoms with Crippen molar-refractivity contribution in [2.24, 2.45) is 11.8 Å². The number of anilines is 4. The van der Waals surface area contributed by atoms with E-state index in [1.165, 1.54) is 0 Å². The van der Waals surface area contributed by atoms with Gasteiger partial charge in [0, 0.05) is 18.4 Å². The molecule has 5 unspecified atom stereocenters. The van der Waals surface area contributed by atoms with Gasteiger partial charge in [-0.25, -0.2) is 0 Å². The predicted octanol–water partition coefficient (Wildman–Crippen LogP) is -0.107. The van der Waals surface area contributed by atoms with E-state index in [2.05, 4.69) is 35.2 Å². The molecule has 4 rings (SSSR count). The van der Waals surface area contributed by atoms with Crippen LogP contribution in [0.3, 0.4) is 0 Å². The van der Waals surface area contributed by atoms with Crippen LogP contribution >= 0.6 is 0 Å². The van der Waals surface area contributed by atoms with Crippen LogP contribution in [0.25, 0.3) is 0 Å². The zero-order valence-corrected chi connectivity index (χ0v) is 15.1. The van der Waals surface area contributed by atoms with Gasteiger partial charge in [-0.2, -0.15) is 29.9 Å². The number of aliphatic hydroxyl groups is 1. The van der Waals surface area contributed by atoms with E-state index in [1.807, 2.05) is 0 Å². The van der Waals surface area contributed by atoms with Crippen molar-refractivity contribution in [1.82, 2.24) is 29.9 Å². The van der Waals surface area contributed by atoms with Crippen molar-refractivity contribution in [2.45, 2.75) is 44.1 Å². The number of hydrogen-bond acceptors (Lipinski definition) is 11. The molecule has 0 radical (unpaired) electrons. The number of hydrogen-bond donors (Lipinski definition) is 5. The summed E-state index contributed by atoms with van der Waals surface area (Å²) in [6.07, 6.45) is 2.54. The van der Waals surface area contributed by atoms with Gasteiger partial charge in [0.2, 0.25) is 23.8 Å². The first-order valence-electron chi connectivity index (χ1n) is 9.09. The summed E-state index contributed by atoms with van der Waals surface area (Å²) in [5, 5.41) is 12.4. The van der Waals surface area contributed by atoms with Crippen molar-refractivity contribution in [3.63, 3.8) is 0 Å². The molecule has 5 atom stereocenters. The van der Waals surface area contributed by atoms with Crippen molar-refractivity contribution >= 4 is 23.8 Å². The molecule has 144 valence electrons. The van der Waals surface area contributed by atoms with Crippen LogP contribution in [-0.2, 0) is 0 Å². The SMILES string of the molecule is CC(O)CNc1nc(N)nc(C2CC3CC(c4nc(N)nc(N)n4)C2C3)n1. The van der Waals surface area contributed by atoms with Crippen LogP contribution in [0.5, 0.6) is 0 Å². The van der Waals surface area contributed by atoms with Crippen molar-refractivity contribution in [1.29, 1.82) is 0 Å². The lowest BCUT2D eigenvalue weighted by molar-refractivity contribution is 0.208. The number of aromatic nitrogens is 6. The normalized spacial score (nSPS) is 27.6. The molecule has 27 heavy (non-hydrogen) atoms. The Labute approximate surface area is 156 Å². The van der Waals surface area contributed by atoms with Gasteiger partial charge >= 0.3 is 0 Å². The highest BCUT2D eigenvalue weighted by Crippen LogP contribution is 2.58. The number of nitrogens with zero attached hydrogens (tertiary/aromatic N) is 6. The zero-order valence-electron chi connectivity index (χ0n) is 15.1. The van der Waals surface area contributed by atoms with E-state index in [9.17, 15) is 5.11 Å². The van der Waals surface area contributed by atoms with Crippen LogP contribution in [0.4, 0.5) is 23.8 Å². The fourth-order valence-corrected chi connectivity index (χ4v) is 4.43.